The van der Waals surface area contributed by atoms with Gasteiger partial charge in [0.25, 0.3) is 0 Å². The third kappa shape index (κ3) is 2.66. The highest BCUT2D eigenvalue weighted by Crippen LogP contribution is 2.26. The van der Waals surface area contributed by atoms with Gasteiger partial charge >= 0.3 is 0 Å². The van der Waals surface area contributed by atoms with Crippen LogP contribution in [0.25, 0.3) is 0 Å². The Kier molecular flexibility index (Phi) is 3.58. The number of nitriles is 1. The van der Waals surface area contributed by atoms with E-state index in [9.17, 15) is 0 Å². The average molecular weight is 303 g/mol. The summed E-state index contributed by atoms with van der Waals surface area (Å²) in [5.41, 5.74) is 3.52. The molecule has 1 aromatic carbocycles. The van der Waals surface area contributed by atoms with Crippen LogP contribution in [-0.4, -0.2) is 9.97 Å². The molecule has 1 N–H and O–H groups in total. The molecule has 0 amide bonds. The molecule has 4 nitrogen and oxygen atoms in total. The lowest BCUT2D eigenvalue weighted by Gasteiger charge is -2.09. The first-order valence-corrected chi connectivity index (χ1v) is 6.16. The number of nitrogens with one attached hydrogen (secondary N) is 1. The van der Waals surface area contributed by atoms with E-state index in [-0.39, 0.29) is 0 Å². The quantitative estimate of drug-likeness (QED) is 0.922. The van der Waals surface area contributed by atoms with Crippen molar-refractivity contribution in [3.05, 3.63) is 45.7 Å². The molecular weight excluding hydrogens is 292 g/mol. The maximum atomic E-state index is 8.78. The summed E-state index contributed by atoms with van der Waals surface area (Å²) < 4.78 is 1.10. The van der Waals surface area contributed by atoms with Crippen LogP contribution in [0.5, 0.6) is 0 Å². The Hall–Kier alpha value is -1.93. The summed E-state index contributed by atoms with van der Waals surface area (Å²) in [5, 5.41) is 11.9. The van der Waals surface area contributed by atoms with Gasteiger partial charge in [-0.25, -0.2) is 9.97 Å². The van der Waals surface area contributed by atoms with E-state index in [4.69, 9.17) is 5.26 Å². The van der Waals surface area contributed by atoms with Crippen LogP contribution in [-0.2, 0) is 0 Å². The fourth-order valence-corrected chi connectivity index (χ4v) is 1.86. The molecule has 5 heteroatoms. The van der Waals surface area contributed by atoms with Crippen LogP contribution < -0.4 is 5.32 Å². The minimum Gasteiger partial charge on any atom is -0.324 e. The maximum Gasteiger partial charge on any atom is 0.228 e. The highest BCUT2D eigenvalue weighted by Gasteiger charge is 2.04. The molecule has 0 unspecified atom stereocenters. The smallest absolute Gasteiger partial charge is 0.228 e. The Morgan fingerprint density at radius 3 is 2.56 bits per heavy atom. The number of halogens is 1. The van der Waals surface area contributed by atoms with Crippen LogP contribution in [0.3, 0.4) is 0 Å². The van der Waals surface area contributed by atoms with Crippen molar-refractivity contribution in [1.82, 2.24) is 9.97 Å². The summed E-state index contributed by atoms with van der Waals surface area (Å²) in [4.78, 5) is 8.15. The number of aromatic nitrogens is 2. The largest absolute Gasteiger partial charge is 0.324 e. The number of hydrogen-bond acceptors (Lipinski definition) is 4. The van der Waals surface area contributed by atoms with Gasteiger partial charge in [-0.2, -0.15) is 5.26 Å². The molecule has 0 fully saturated rings. The van der Waals surface area contributed by atoms with Gasteiger partial charge in [-0.05, 0) is 43.2 Å². The summed E-state index contributed by atoms with van der Waals surface area (Å²) >= 11 is 3.52. The average Bonchev–Trinajstić information content (AvgIpc) is 2.36. The molecule has 0 aliphatic rings. The second-order valence-electron chi connectivity index (χ2n) is 3.93. The van der Waals surface area contributed by atoms with Crippen LogP contribution in [0.1, 0.15) is 16.8 Å². The van der Waals surface area contributed by atoms with E-state index in [1.165, 1.54) is 0 Å². The van der Waals surface area contributed by atoms with Crippen molar-refractivity contribution < 1.29 is 0 Å². The minimum absolute atomic E-state index is 0.345. The maximum absolute atomic E-state index is 8.78. The van der Waals surface area contributed by atoms with E-state index in [2.05, 4.69) is 31.2 Å². The zero-order valence-electron chi connectivity index (χ0n) is 10.0. The first-order valence-electron chi connectivity index (χ1n) is 5.37. The Bertz CT molecular complexity index is 608. The van der Waals surface area contributed by atoms with Crippen LogP contribution in [0.2, 0.25) is 0 Å². The van der Waals surface area contributed by atoms with Gasteiger partial charge in [0.15, 0.2) is 0 Å². The van der Waals surface area contributed by atoms with Crippen LogP contribution in [0, 0.1) is 25.2 Å². The van der Waals surface area contributed by atoms with E-state index in [0.29, 0.717) is 11.6 Å². The van der Waals surface area contributed by atoms with E-state index < -0.39 is 0 Å². The van der Waals surface area contributed by atoms with Crippen molar-refractivity contribution in [2.24, 2.45) is 0 Å². The molecular formula is C13H11BrN4. The van der Waals surface area contributed by atoms with E-state index in [0.717, 1.165) is 21.3 Å². The number of rotatable bonds is 2. The van der Waals surface area contributed by atoms with Crippen molar-refractivity contribution in [2.45, 2.75) is 13.8 Å². The lowest BCUT2D eigenvalue weighted by molar-refractivity contribution is 1.14. The minimum atomic E-state index is 0.345. The number of anilines is 2. The molecule has 1 aromatic heterocycles. The van der Waals surface area contributed by atoms with Crippen molar-refractivity contribution in [3.8, 4) is 6.07 Å². The van der Waals surface area contributed by atoms with Gasteiger partial charge in [-0.1, -0.05) is 15.9 Å². The van der Waals surface area contributed by atoms with Gasteiger partial charge < -0.3 is 5.32 Å². The Balaban J connectivity index is 2.32. The molecule has 18 heavy (non-hydrogen) atoms. The van der Waals surface area contributed by atoms with Crippen molar-refractivity contribution in [3.63, 3.8) is 0 Å². The van der Waals surface area contributed by atoms with Gasteiger partial charge in [0.05, 0.1) is 0 Å². The molecule has 0 saturated carbocycles. The van der Waals surface area contributed by atoms with Gasteiger partial charge in [0.1, 0.15) is 11.8 Å². The van der Waals surface area contributed by atoms with E-state index in [1.54, 1.807) is 12.3 Å². The number of nitrogens with zero attached hydrogens (tertiary/aromatic N) is 3. The lowest BCUT2D eigenvalue weighted by Crippen LogP contribution is -1.99. The Labute approximate surface area is 114 Å². The fourth-order valence-electron chi connectivity index (χ4n) is 1.63. The van der Waals surface area contributed by atoms with Crippen molar-refractivity contribution in [1.29, 1.82) is 5.26 Å². The summed E-state index contributed by atoms with van der Waals surface area (Å²) in [6.45, 7) is 4.05. The van der Waals surface area contributed by atoms with Crippen LogP contribution in [0.15, 0.2) is 28.9 Å². The van der Waals surface area contributed by atoms with E-state index >= 15 is 0 Å². The molecule has 0 atom stereocenters. The predicted octanol–water partition coefficient (Wildman–Crippen LogP) is 3.47. The second kappa shape index (κ2) is 5.15. The lowest BCUT2D eigenvalue weighted by atomic mass is 10.1. The SMILES string of the molecule is Cc1cc(Nc2nccc(C#N)n2)cc(C)c1Br. The van der Waals surface area contributed by atoms with E-state index in [1.807, 2.05) is 32.0 Å². The third-order valence-corrected chi connectivity index (χ3v) is 3.71. The molecule has 0 radical (unpaired) electrons. The van der Waals surface area contributed by atoms with Crippen molar-refractivity contribution >= 4 is 27.6 Å². The van der Waals surface area contributed by atoms with Gasteiger partial charge in [0, 0.05) is 16.4 Å². The summed E-state index contributed by atoms with van der Waals surface area (Å²) in [5.74, 6) is 0.426. The fraction of sp³-hybridized carbons (Fsp3) is 0.154. The molecule has 2 aromatic rings. The Morgan fingerprint density at radius 1 is 1.28 bits per heavy atom. The first-order chi connectivity index (χ1) is 8.60. The first kappa shape index (κ1) is 12.5. The highest BCUT2D eigenvalue weighted by molar-refractivity contribution is 9.10. The topological polar surface area (TPSA) is 61.6 Å². The molecule has 0 bridgehead atoms. The van der Waals surface area contributed by atoms with Gasteiger partial charge in [-0.15, -0.1) is 0 Å². The molecule has 0 saturated heterocycles. The highest BCUT2D eigenvalue weighted by atomic mass is 79.9. The summed E-state index contributed by atoms with van der Waals surface area (Å²) in [7, 11) is 0. The summed E-state index contributed by atoms with van der Waals surface area (Å²) in [6.07, 6.45) is 1.56. The molecule has 2 rings (SSSR count). The standard InChI is InChI=1S/C13H11BrN4/c1-8-5-11(6-9(2)12(8)14)18-13-16-4-3-10(7-15)17-13/h3-6H,1-2H3,(H,16,17,18). The summed E-state index contributed by atoms with van der Waals surface area (Å²) in [6, 6.07) is 7.56. The zero-order chi connectivity index (χ0) is 13.1. The number of aryl methyl sites for hydroxylation is 2. The molecule has 0 aliphatic carbocycles. The molecule has 0 spiro atoms. The predicted molar refractivity (Wildman–Crippen MR) is 73.6 cm³/mol. The van der Waals surface area contributed by atoms with Crippen LogP contribution >= 0.6 is 15.9 Å². The number of benzene rings is 1. The van der Waals surface area contributed by atoms with Crippen LogP contribution in [0.4, 0.5) is 11.6 Å². The zero-order valence-corrected chi connectivity index (χ0v) is 11.6. The normalized spacial score (nSPS) is 9.89. The molecule has 90 valence electrons. The van der Waals surface area contributed by atoms with Crippen molar-refractivity contribution in [2.75, 3.05) is 5.32 Å². The Morgan fingerprint density at radius 2 is 1.94 bits per heavy atom. The molecule has 1 heterocycles. The number of hydrogen-bond donors (Lipinski definition) is 1. The van der Waals surface area contributed by atoms with Gasteiger partial charge in [-0.3, -0.25) is 0 Å². The monoisotopic (exact) mass is 302 g/mol. The third-order valence-electron chi connectivity index (χ3n) is 2.46. The van der Waals surface area contributed by atoms with Gasteiger partial charge in [0.2, 0.25) is 5.95 Å². The second-order valence-corrected chi connectivity index (χ2v) is 4.72. The molecule has 0 aliphatic heterocycles.